The van der Waals surface area contributed by atoms with Crippen LogP contribution in [0.1, 0.15) is 26.6 Å². The van der Waals surface area contributed by atoms with Crippen LogP contribution in [0, 0.1) is 0 Å². The van der Waals surface area contributed by atoms with Crippen molar-refractivity contribution in [2.45, 2.75) is 39.3 Å². The summed E-state index contributed by atoms with van der Waals surface area (Å²) < 4.78 is 5.44. The molecule has 1 atom stereocenters. The third-order valence-corrected chi connectivity index (χ3v) is 3.39. The van der Waals surface area contributed by atoms with Crippen molar-refractivity contribution in [3.63, 3.8) is 0 Å². The molecule has 7 heteroatoms. The number of amides is 1. The summed E-state index contributed by atoms with van der Waals surface area (Å²) in [6.07, 6.45) is 0.695. The number of ether oxygens (including phenoxy) is 1. The molecule has 2 heterocycles. The van der Waals surface area contributed by atoms with Crippen molar-refractivity contribution in [2.24, 2.45) is 0 Å². The number of rotatable bonds is 4. The van der Waals surface area contributed by atoms with Gasteiger partial charge in [-0.2, -0.15) is 0 Å². The van der Waals surface area contributed by atoms with Gasteiger partial charge in [-0.05, 0) is 13.8 Å². The molecule has 1 saturated heterocycles. The first-order valence-electron chi connectivity index (χ1n) is 7.19. The Hall–Kier alpha value is -1.40. The van der Waals surface area contributed by atoms with E-state index in [1.54, 1.807) is 6.07 Å². The summed E-state index contributed by atoms with van der Waals surface area (Å²) in [4.78, 5) is 22.9. The van der Waals surface area contributed by atoms with Crippen LogP contribution in [0.2, 0.25) is 5.15 Å². The Labute approximate surface area is 129 Å². The smallest absolute Gasteiger partial charge is 0.245 e. The van der Waals surface area contributed by atoms with Crippen LogP contribution in [0.5, 0.6) is 0 Å². The number of carbonyl (C=O) groups is 1. The highest BCUT2D eigenvalue weighted by Gasteiger charge is 2.31. The molecule has 116 valence electrons. The number of hydrogen-bond acceptors (Lipinski definition) is 5. The number of hydrogen-bond donors (Lipinski definition) is 1. The topological polar surface area (TPSA) is 67.4 Å². The van der Waals surface area contributed by atoms with E-state index in [2.05, 4.69) is 15.3 Å². The Kier molecular flexibility index (Phi) is 5.36. The molecule has 0 spiro atoms. The van der Waals surface area contributed by atoms with Gasteiger partial charge in [-0.1, -0.05) is 18.5 Å². The molecule has 1 amide bonds. The van der Waals surface area contributed by atoms with E-state index >= 15 is 0 Å². The first-order valence-corrected chi connectivity index (χ1v) is 7.57. The summed E-state index contributed by atoms with van der Waals surface area (Å²) in [6.45, 7) is 7.35. The van der Waals surface area contributed by atoms with Crippen molar-refractivity contribution in [1.29, 1.82) is 0 Å². The molecular formula is C14H21ClN4O2. The molecule has 0 aromatic carbocycles. The average Bonchev–Trinajstić information content (AvgIpc) is 2.45. The van der Waals surface area contributed by atoms with Crippen molar-refractivity contribution in [3.8, 4) is 0 Å². The summed E-state index contributed by atoms with van der Waals surface area (Å²) in [5.41, 5.74) is 0. The molecular weight excluding hydrogens is 292 g/mol. The Balaban J connectivity index is 2.26. The largest absolute Gasteiger partial charge is 0.377 e. The minimum Gasteiger partial charge on any atom is -0.377 e. The molecule has 6 nitrogen and oxygen atoms in total. The molecule has 1 N–H and O–H groups in total. The van der Waals surface area contributed by atoms with Crippen LogP contribution in [0.3, 0.4) is 0 Å². The van der Waals surface area contributed by atoms with Crippen molar-refractivity contribution in [2.75, 3.05) is 24.7 Å². The Morgan fingerprint density at radius 3 is 3.00 bits per heavy atom. The van der Waals surface area contributed by atoms with Gasteiger partial charge in [0.25, 0.3) is 0 Å². The molecule has 1 aliphatic heterocycles. The molecule has 2 rings (SSSR count). The minimum absolute atomic E-state index is 0.0579. The molecule has 1 fully saturated rings. The highest BCUT2D eigenvalue weighted by molar-refractivity contribution is 6.29. The van der Waals surface area contributed by atoms with E-state index in [-0.39, 0.29) is 11.9 Å². The fourth-order valence-electron chi connectivity index (χ4n) is 2.23. The van der Waals surface area contributed by atoms with Crippen LogP contribution in [-0.4, -0.2) is 47.7 Å². The molecule has 0 bridgehead atoms. The van der Waals surface area contributed by atoms with Crippen LogP contribution in [0.25, 0.3) is 0 Å². The van der Waals surface area contributed by atoms with E-state index < -0.39 is 6.04 Å². The van der Waals surface area contributed by atoms with Crippen molar-refractivity contribution < 1.29 is 9.53 Å². The second kappa shape index (κ2) is 7.04. The molecule has 0 radical (unpaired) electrons. The lowest BCUT2D eigenvalue weighted by molar-refractivity contribution is -0.125. The third-order valence-electron chi connectivity index (χ3n) is 3.20. The number of halogens is 1. The molecule has 0 saturated carbocycles. The summed E-state index contributed by atoms with van der Waals surface area (Å²) >= 11 is 6.05. The number of anilines is 1. The van der Waals surface area contributed by atoms with Crippen LogP contribution >= 0.6 is 11.6 Å². The average molecular weight is 313 g/mol. The predicted octanol–water partition coefficient (Wildman–Crippen LogP) is 1.42. The second-order valence-electron chi connectivity index (χ2n) is 5.27. The zero-order chi connectivity index (χ0) is 15.4. The fraction of sp³-hybridized carbons (Fsp3) is 0.643. The first kappa shape index (κ1) is 16.0. The van der Waals surface area contributed by atoms with E-state index in [1.807, 2.05) is 25.7 Å². The van der Waals surface area contributed by atoms with Gasteiger partial charge in [0.05, 0.1) is 13.2 Å². The van der Waals surface area contributed by atoms with Gasteiger partial charge < -0.3 is 15.0 Å². The molecule has 1 aromatic rings. The lowest BCUT2D eigenvalue weighted by Crippen LogP contribution is -2.55. The normalized spacial score (nSPS) is 18.9. The van der Waals surface area contributed by atoms with Gasteiger partial charge in [0, 0.05) is 25.1 Å². The third kappa shape index (κ3) is 4.04. The standard InChI is InChI=1S/C14H21ClN4O2/c1-4-12-17-11(15)7-13(18-12)19-5-6-21-8-10(19)14(20)16-9(2)3/h7,9-10H,4-6,8H2,1-3H3,(H,16,20). The van der Waals surface area contributed by atoms with Crippen molar-refractivity contribution in [1.82, 2.24) is 15.3 Å². The minimum atomic E-state index is -0.392. The quantitative estimate of drug-likeness (QED) is 0.852. The van der Waals surface area contributed by atoms with Gasteiger partial charge in [-0.3, -0.25) is 4.79 Å². The summed E-state index contributed by atoms with van der Waals surface area (Å²) in [7, 11) is 0. The Bertz CT molecular complexity index is 510. The maximum absolute atomic E-state index is 12.3. The van der Waals surface area contributed by atoms with E-state index in [1.165, 1.54) is 0 Å². The molecule has 0 aliphatic carbocycles. The van der Waals surface area contributed by atoms with Crippen molar-refractivity contribution in [3.05, 3.63) is 17.0 Å². The number of nitrogens with one attached hydrogen (secondary N) is 1. The van der Waals surface area contributed by atoms with Gasteiger partial charge in [0.2, 0.25) is 5.91 Å². The van der Waals surface area contributed by atoms with E-state index in [4.69, 9.17) is 16.3 Å². The van der Waals surface area contributed by atoms with Crippen molar-refractivity contribution >= 4 is 23.3 Å². The van der Waals surface area contributed by atoms with Crippen LogP contribution in [0.4, 0.5) is 5.82 Å². The fourth-order valence-corrected chi connectivity index (χ4v) is 2.43. The summed E-state index contributed by atoms with van der Waals surface area (Å²) in [5.74, 6) is 1.29. The number of aryl methyl sites for hydroxylation is 1. The van der Waals surface area contributed by atoms with E-state index in [0.717, 1.165) is 0 Å². The van der Waals surface area contributed by atoms with Crippen LogP contribution in [-0.2, 0) is 16.0 Å². The van der Waals surface area contributed by atoms with E-state index in [9.17, 15) is 4.79 Å². The monoisotopic (exact) mass is 312 g/mol. The number of carbonyl (C=O) groups excluding carboxylic acids is 1. The van der Waals surface area contributed by atoms with Gasteiger partial charge in [0.1, 0.15) is 22.8 Å². The molecule has 1 aromatic heterocycles. The predicted molar refractivity (Wildman–Crippen MR) is 81.7 cm³/mol. The zero-order valence-electron chi connectivity index (χ0n) is 12.6. The Morgan fingerprint density at radius 2 is 2.33 bits per heavy atom. The summed E-state index contributed by atoms with van der Waals surface area (Å²) in [6, 6.07) is 1.39. The SMILES string of the molecule is CCc1nc(Cl)cc(N2CCOCC2C(=O)NC(C)C)n1. The number of aromatic nitrogens is 2. The number of morpholine rings is 1. The summed E-state index contributed by atoms with van der Waals surface area (Å²) in [5, 5.41) is 3.31. The van der Waals surface area contributed by atoms with Gasteiger partial charge in [-0.15, -0.1) is 0 Å². The second-order valence-corrected chi connectivity index (χ2v) is 5.65. The highest BCUT2D eigenvalue weighted by Crippen LogP contribution is 2.21. The van der Waals surface area contributed by atoms with Gasteiger partial charge in [0.15, 0.2) is 0 Å². The van der Waals surface area contributed by atoms with Crippen LogP contribution in [0.15, 0.2) is 6.07 Å². The maximum atomic E-state index is 12.3. The van der Waals surface area contributed by atoms with E-state index in [0.29, 0.717) is 43.0 Å². The highest BCUT2D eigenvalue weighted by atomic mass is 35.5. The van der Waals surface area contributed by atoms with Gasteiger partial charge in [-0.25, -0.2) is 9.97 Å². The zero-order valence-corrected chi connectivity index (χ0v) is 13.4. The molecule has 1 aliphatic rings. The first-order chi connectivity index (χ1) is 10.0. The molecule has 21 heavy (non-hydrogen) atoms. The van der Waals surface area contributed by atoms with Gasteiger partial charge >= 0.3 is 0 Å². The molecule has 1 unspecified atom stereocenters. The maximum Gasteiger partial charge on any atom is 0.245 e. The Morgan fingerprint density at radius 1 is 1.57 bits per heavy atom. The lowest BCUT2D eigenvalue weighted by atomic mass is 10.2. The van der Waals surface area contributed by atoms with Crippen LogP contribution < -0.4 is 10.2 Å². The lowest BCUT2D eigenvalue weighted by Gasteiger charge is -2.35. The number of nitrogens with zero attached hydrogens (tertiary/aromatic N) is 3.